The zero-order valence-electron chi connectivity index (χ0n) is 14.5. The fraction of sp³-hybridized carbons (Fsp3) is 0.167. The van der Waals surface area contributed by atoms with Crippen molar-refractivity contribution < 1.29 is 35.1 Å². The normalized spacial score (nSPS) is 11.0. The van der Waals surface area contributed by atoms with Crippen LogP contribution < -0.4 is 8.92 Å². The van der Waals surface area contributed by atoms with Crippen LogP contribution in [0.15, 0.2) is 43.0 Å². The van der Waals surface area contributed by atoms with E-state index < -0.39 is 22.3 Å². The molecule has 27 heavy (non-hydrogen) atoms. The van der Waals surface area contributed by atoms with Gasteiger partial charge in [-0.3, -0.25) is 0 Å². The van der Waals surface area contributed by atoms with Crippen molar-refractivity contribution in [1.82, 2.24) is 0 Å². The molecule has 0 aliphatic carbocycles. The lowest BCUT2D eigenvalue weighted by molar-refractivity contribution is 0.0600. The van der Waals surface area contributed by atoms with Gasteiger partial charge in [0.15, 0.2) is 0 Å². The fourth-order valence-corrected chi connectivity index (χ4v) is 2.60. The highest BCUT2D eigenvalue weighted by Gasteiger charge is 2.17. The Morgan fingerprint density at radius 1 is 1.15 bits per heavy atom. The second-order valence-electron chi connectivity index (χ2n) is 5.49. The maximum absolute atomic E-state index is 14.5. The molecule has 0 saturated carbocycles. The Balaban J connectivity index is 2.22. The Bertz CT molecular complexity index is 968. The van der Waals surface area contributed by atoms with E-state index in [4.69, 9.17) is 4.74 Å². The van der Waals surface area contributed by atoms with Crippen LogP contribution in [0.25, 0.3) is 5.57 Å². The van der Waals surface area contributed by atoms with E-state index in [2.05, 4.69) is 15.5 Å². The molecule has 6 nitrogen and oxygen atoms in total. The van der Waals surface area contributed by atoms with Gasteiger partial charge in [-0.25, -0.2) is 9.18 Å². The van der Waals surface area contributed by atoms with Crippen molar-refractivity contribution in [3.8, 4) is 11.5 Å². The van der Waals surface area contributed by atoms with E-state index in [1.807, 2.05) is 0 Å². The summed E-state index contributed by atoms with van der Waals surface area (Å²) >= 11 is 0. The van der Waals surface area contributed by atoms with Gasteiger partial charge < -0.3 is 13.7 Å². The third-order valence-electron chi connectivity index (χ3n) is 3.48. The second-order valence-corrected chi connectivity index (χ2v) is 6.45. The largest absolute Gasteiger partial charge is 0.489 e. The third kappa shape index (κ3) is 5.52. The molecule has 0 spiro atoms. The number of rotatable bonds is 7. The summed E-state index contributed by atoms with van der Waals surface area (Å²) < 4.78 is 61.9. The number of ether oxygens (including phenoxy) is 2. The highest BCUT2D eigenvalue weighted by Crippen LogP contribution is 2.26. The van der Waals surface area contributed by atoms with E-state index in [-0.39, 0.29) is 29.2 Å². The standard InChI is InChI=1S/C18H16F2O6S/c1-11(2)15-8-12(18(21)24-3)9-17(19)16(15)10-25-13-4-6-14(7-5-13)26-27(20,22)23/h4-9H,1,10H2,2-3H3. The van der Waals surface area contributed by atoms with Gasteiger partial charge in [0.25, 0.3) is 0 Å². The van der Waals surface area contributed by atoms with Gasteiger partial charge in [0.1, 0.15) is 23.9 Å². The number of carbonyl (C=O) groups excluding carboxylic acids is 1. The summed E-state index contributed by atoms with van der Waals surface area (Å²) in [5, 5.41) is 0. The number of hydrogen-bond donors (Lipinski definition) is 0. The molecule has 0 N–H and O–H groups in total. The highest BCUT2D eigenvalue weighted by atomic mass is 32.3. The van der Waals surface area contributed by atoms with Crippen molar-refractivity contribution in [3.05, 3.63) is 65.5 Å². The van der Waals surface area contributed by atoms with Gasteiger partial charge >= 0.3 is 16.5 Å². The lowest BCUT2D eigenvalue weighted by Crippen LogP contribution is -2.08. The first-order chi connectivity index (χ1) is 12.6. The van der Waals surface area contributed by atoms with Gasteiger partial charge in [-0.15, -0.1) is 0 Å². The third-order valence-corrected chi connectivity index (χ3v) is 3.87. The first-order valence-corrected chi connectivity index (χ1v) is 8.85. The second kappa shape index (κ2) is 8.17. The van der Waals surface area contributed by atoms with E-state index in [1.165, 1.54) is 37.4 Å². The molecule has 0 unspecified atom stereocenters. The molecule has 0 aliphatic heterocycles. The molecule has 144 valence electrons. The van der Waals surface area contributed by atoms with Gasteiger partial charge in [-0.1, -0.05) is 16.0 Å². The minimum Gasteiger partial charge on any atom is -0.489 e. The average Bonchev–Trinajstić information content (AvgIpc) is 2.59. The molecule has 0 amide bonds. The Labute approximate surface area is 155 Å². The van der Waals surface area contributed by atoms with Crippen molar-refractivity contribution >= 4 is 22.0 Å². The van der Waals surface area contributed by atoms with Gasteiger partial charge in [0.05, 0.1) is 12.7 Å². The Kier molecular flexibility index (Phi) is 6.17. The van der Waals surface area contributed by atoms with Crippen LogP contribution >= 0.6 is 0 Å². The maximum Gasteiger partial charge on any atom is 0.488 e. The molecule has 9 heteroatoms. The smallest absolute Gasteiger partial charge is 0.488 e. The van der Waals surface area contributed by atoms with E-state index >= 15 is 0 Å². The Morgan fingerprint density at radius 3 is 2.26 bits per heavy atom. The summed E-state index contributed by atoms with van der Waals surface area (Å²) in [5.41, 5.74) is 1.15. The van der Waals surface area contributed by atoms with Crippen LogP contribution in [-0.4, -0.2) is 21.5 Å². The van der Waals surface area contributed by atoms with Crippen LogP contribution in [0.1, 0.15) is 28.4 Å². The molecule has 0 aromatic heterocycles. The summed E-state index contributed by atoms with van der Waals surface area (Å²) in [6, 6.07) is 7.54. The summed E-state index contributed by atoms with van der Waals surface area (Å²) in [6.07, 6.45) is 0. The van der Waals surface area contributed by atoms with Crippen LogP contribution in [0, 0.1) is 5.82 Å². The fourth-order valence-electron chi connectivity index (χ4n) is 2.26. The predicted octanol–water partition coefficient (Wildman–Crippen LogP) is 3.82. The minimum absolute atomic E-state index is 0.0469. The summed E-state index contributed by atoms with van der Waals surface area (Å²) in [4.78, 5) is 11.6. The number of hydrogen-bond acceptors (Lipinski definition) is 6. The lowest BCUT2D eigenvalue weighted by atomic mass is 9.98. The van der Waals surface area contributed by atoms with E-state index in [0.29, 0.717) is 11.1 Å². The quantitative estimate of drug-likeness (QED) is 0.521. The monoisotopic (exact) mass is 398 g/mol. The molecule has 0 heterocycles. The molecule has 2 aromatic carbocycles. The molecule has 0 fully saturated rings. The number of benzene rings is 2. The van der Waals surface area contributed by atoms with Crippen LogP contribution in [-0.2, 0) is 21.8 Å². The van der Waals surface area contributed by atoms with Crippen molar-refractivity contribution in [3.63, 3.8) is 0 Å². The summed E-state index contributed by atoms with van der Waals surface area (Å²) in [7, 11) is -3.92. The van der Waals surface area contributed by atoms with Crippen molar-refractivity contribution in [2.75, 3.05) is 7.11 Å². The molecule has 0 aliphatic rings. The molecule has 0 atom stereocenters. The molecular formula is C18H16F2O6S. The Morgan fingerprint density at radius 2 is 1.74 bits per heavy atom. The molecular weight excluding hydrogens is 382 g/mol. The van der Waals surface area contributed by atoms with Gasteiger partial charge in [-0.05, 0) is 48.9 Å². The summed E-state index contributed by atoms with van der Waals surface area (Å²) in [6.45, 7) is 5.24. The van der Waals surface area contributed by atoms with Gasteiger partial charge in [0, 0.05) is 5.56 Å². The van der Waals surface area contributed by atoms with E-state index in [9.17, 15) is 21.5 Å². The number of allylic oxidation sites excluding steroid dienone is 1. The SMILES string of the molecule is C=C(C)c1cc(C(=O)OC)cc(F)c1COc1ccc(OS(=O)(=O)F)cc1. The number of halogens is 2. The summed E-state index contributed by atoms with van der Waals surface area (Å²) in [5.74, 6) is -1.31. The van der Waals surface area contributed by atoms with Gasteiger partial charge in [-0.2, -0.15) is 8.42 Å². The molecule has 2 rings (SSSR count). The maximum atomic E-state index is 14.5. The zero-order valence-corrected chi connectivity index (χ0v) is 15.3. The lowest BCUT2D eigenvalue weighted by Gasteiger charge is -2.14. The number of carbonyl (C=O) groups is 1. The molecule has 2 aromatic rings. The molecule has 0 saturated heterocycles. The zero-order chi connectivity index (χ0) is 20.2. The van der Waals surface area contributed by atoms with Gasteiger partial charge in [0.2, 0.25) is 0 Å². The first-order valence-electron chi connectivity index (χ1n) is 7.54. The molecule has 0 radical (unpaired) electrons. The van der Waals surface area contributed by atoms with Crippen molar-refractivity contribution in [2.24, 2.45) is 0 Å². The van der Waals surface area contributed by atoms with Crippen LogP contribution in [0.3, 0.4) is 0 Å². The predicted molar refractivity (Wildman–Crippen MR) is 93.9 cm³/mol. The first kappa shape index (κ1) is 20.4. The van der Waals surface area contributed by atoms with Crippen LogP contribution in [0.5, 0.6) is 11.5 Å². The van der Waals surface area contributed by atoms with Crippen LogP contribution in [0.2, 0.25) is 0 Å². The molecule has 0 bridgehead atoms. The highest BCUT2D eigenvalue weighted by molar-refractivity contribution is 7.81. The van der Waals surface area contributed by atoms with Crippen molar-refractivity contribution in [2.45, 2.75) is 13.5 Å². The Hall–Kier alpha value is -2.94. The van der Waals surface area contributed by atoms with E-state index in [1.54, 1.807) is 6.92 Å². The van der Waals surface area contributed by atoms with Crippen LogP contribution in [0.4, 0.5) is 8.28 Å². The number of esters is 1. The number of methoxy groups -OCH3 is 1. The minimum atomic E-state index is -5.12. The average molecular weight is 398 g/mol. The van der Waals surface area contributed by atoms with E-state index in [0.717, 1.165) is 6.07 Å². The van der Waals surface area contributed by atoms with Crippen molar-refractivity contribution in [1.29, 1.82) is 0 Å². The topological polar surface area (TPSA) is 78.9 Å².